The van der Waals surface area contributed by atoms with E-state index in [1.54, 1.807) is 0 Å². The van der Waals surface area contributed by atoms with Gasteiger partial charge in [0.1, 0.15) is 0 Å². The second-order valence-corrected chi connectivity index (χ2v) is 14.4. The van der Waals surface area contributed by atoms with Crippen LogP contribution in [0, 0.1) is 0 Å². The molecular formula is C53H43N. The highest BCUT2D eigenvalue weighted by Gasteiger charge is 2.19. The molecule has 0 fully saturated rings. The molecule has 0 amide bonds. The molecule has 0 bridgehead atoms. The van der Waals surface area contributed by atoms with Gasteiger partial charge in [0, 0.05) is 17.1 Å². The van der Waals surface area contributed by atoms with E-state index in [1.807, 2.05) is 0 Å². The molecule has 8 aromatic rings. The van der Waals surface area contributed by atoms with Gasteiger partial charge < -0.3 is 4.90 Å². The summed E-state index contributed by atoms with van der Waals surface area (Å²) in [5.74, 6) is 0.436. The normalized spacial score (nSPS) is 13.1. The Labute approximate surface area is 319 Å². The first kappa shape index (κ1) is 33.4. The smallest absolute Gasteiger partial charge is 0.0462 e. The Bertz CT molecular complexity index is 2470. The monoisotopic (exact) mass is 693 g/mol. The van der Waals surface area contributed by atoms with E-state index in [-0.39, 0.29) is 0 Å². The highest BCUT2D eigenvalue weighted by Crippen LogP contribution is 2.45. The van der Waals surface area contributed by atoms with Gasteiger partial charge in [0.15, 0.2) is 0 Å². The van der Waals surface area contributed by atoms with Gasteiger partial charge in [-0.1, -0.05) is 175 Å². The fourth-order valence-electron chi connectivity index (χ4n) is 8.36. The third kappa shape index (κ3) is 6.77. The topological polar surface area (TPSA) is 3.24 Å². The zero-order valence-corrected chi connectivity index (χ0v) is 30.5. The van der Waals surface area contributed by atoms with E-state index < -0.39 is 0 Å². The van der Waals surface area contributed by atoms with Crippen LogP contribution < -0.4 is 4.90 Å². The Morgan fingerprint density at radius 2 is 0.852 bits per heavy atom. The quantitative estimate of drug-likeness (QED) is 0.129. The summed E-state index contributed by atoms with van der Waals surface area (Å²) in [6, 6.07) is 68.7. The Balaban J connectivity index is 1.09. The summed E-state index contributed by atoms with van der Waals surface area (Å²) in [6.45, 7) is 0. The van der Waals surface area contributed by atoms with Crippen LogP contribution in [-0.2, 0) is 6.42 Å². The van der Waals surface area contributed by atoms with Gasteiger partial charge in [0.05, 0.1) is 0 Å². The number of allylic oxidation sites excluding steroid dienone is 4. The minimum atomic E-state index is 0.436. The summed E-state index contributed by atoms with van der Waals surface area (Å²) in [4.78, 5) is 2.32. The van der Waals surface area contributed by atoms with Crippen molar-refractivity contribution in [3.63, 3.8) is 0 Å². The van der Waals surface area contributed by atoms with E-state index in [4.69, 9.17) is 0 Å². The van der Waals surface area contributed by atoms with Crippen LogP contribution in [0.2, 0.25) is 0 Å². The molecule has 260 valence electrons. The van der Waals surface area contributed by atoms with E-state index >= 15 is 0 Å². The maximum Gasteiger partial charge on any atom is 0.0462 e. The largest absolute Gasteiger partial charge is 0.311 e. The first-order chi connectivity index (χ1) is 26.8. The predicted molar refractivity (Wildman–Crippen MR) is 231 cm³/mol. The summed E-state index contributed by atoms with van der Waals surface area (Å²) < 4.78 is 0. The van der Waals surface area contributed by atoms with Crippen molar-refractivity contribution in [2.75, 3.05) is 4.90 Å². The van der Waals surface area contributed by atoms with Crippen molar-refractivity contribution < 1.29 is 0 Å². The Kier molecular flexibility index (Phi) is 9.44. The summed E-state index contributed by atoms with van der Waals surface area (Å²) >= 11 is 0. The molecule has 1 heteroatoms. The SMILES string of the molecule is C1=CC(CC(Cc2ccc(-c3c4ccccc4c(-c4ccc(N(c5ccccc5)c5ccccc5)cc4)c4ccccc34)cc2)c2ccccc2)=CCC1. The van der Waals surface area contributed by atoms with Crippen LogP contribution in [0.15, 0.2) is 212 Å². The first-order valence-electron chi connectivity index (χ1n) is 19.2. The number of hydrogen-bond acceptors (Lipinski definition) is 1. The molecule has 1 aliphatic carbocycles. The van der Waals surface area contributed by atoms with Crippen molar-refractivity contribution in [1.29, 1.82) is 0 Å². The average molecular weight is 694 g/mol. The van der Waals surface area contributed by atoms with Crippen LogP contribution in [0.5, 0.6) is 0 Å². The zero-order chi connectivity index (χ0) is 36.1. The van der Waals surface area contributed by atoms with Gasteiger partial charge in [0.25, 0.3) is 0 Å². The van der Waals surface area contributed by atoms with E-state index in [1.165, 1.54) is 60.5 Å². The second kappa shape index (κ2) is 15.3. The summed E-state index contributed by atoms with van der Waals surface area (Å²) in [5.41, 5.74) is 12.7. The standard InChI is InChI=1S/C53H43N/c1-5-17-39(18-6-1)37-44(41-19-7-2-8-20-41)38-40-29-31-42(32-30-40)52-48-25-13-15-27-50(48)53(51-28-16-14-26-49(51)52)43-33-35-47(36-34-43)54(45-21-9-3-10-22-45)46-23-11-4-12-24-46/h2-5,7-36,44H,1,6,37-38H2. The Morgan fingerprint density at radius 3 is 1.33 bits per heavy atom. The third-order valence-electron chi connectivity index (χ3n) is 10.9. The molecule has 1 unspecified atom stereocenters. The van der Waals surface area contributed by atoms with Gasteiger partial charge in [-0.15, -0.1) is 0 Å². The summed E-state index contributed by atoms with van der Waals surface area (Å²) in [6.07, 6.45) is 11.5. The number of fused-ring (bicyclic) bond motifs is 2. The van der Waals surface area contributed by atoms with Crippen LogP contribution in [0.25, 0.3) is 43.8 Å². The molecule has 9 rings (SSSR count). The van der Waals surface area contributed by atoms with Crippen LogP contribution in [0.1, 0.15) is 36.3 Å². The predicted octanol–water partition coefficient (Wildman–Crippen LogP) is 14.8. The van der Waals surface area contributed by atoms with Gasteiger partial charge in [0.2, 0.25) is 0 Å². The van der Waals surface area contributed by atoms with Gasteiger partial charge in [-0.3, -0.25) is 0 Å². The molecule has 0 radical (unpaired) electrons. The third-order valence-corrected chi connectivity index (χ3v) is 10.9. The lowest BCUT2D eigenvalue weighted by Gasteiger charge is -2.25. The van der Waals surface area contributed by atoms with Crippen molar-refractivity contribution in [2.24, 2.45) is 0 Å². The lowest BCUT2D eigenvalue weighted by Crippen LogP contribution is -2.09. The molecule has 0 aromatic heterocycles. The maximum absolute atomic E-state index is 2.43. The lowest BCUT2D eigenvalue weighted by molar-refractivity contribution is 0.678. The molecule has 0 spiro atoms. The summed E-state index contributed by atoms with van der Waals surface area (Å²) in [7, 11) is 0. The second-order valence-electron chi connectivity index (χ2n) is 14.4. The van der Waals surface area contributed by atoms with Crippen molar-refractivity contribution >= 4 is 38.6 Å². The van der Waals surface area contributed by atoms with Gasteiger partial charge in [-0.05, 0) is 123 Å². The van der Waals surface area contributed by atoms with Crippen molar-refractivity contribution in [3.8, 4) is 22.3 Å². The molecule has 54 heavy (non-hydrogen) atoms. The number of para-hydroxylation sites is 2. The molecule has 1 aliphatic rings. The molecule has 1 nitrogen and oxygen atoms in total. The Hall–Kier alpha value is -6.44. The van der Waals surface area contributed by atoms with Gasteiger partial charge in [-0.25, -0.2) is 0 Å². The van der Waals surface area contributed by atoms with Crippen LogP contribution in [-0.4, -0.2) is 0 Å². The first-order valence-corrected chi connectivity index (χ1v) is 19.2. The Morgan fingerprint density at radius 1 is 0.407 bits per heavy atom. The van der Waals surface area contributed by atoms with Crippen molar-refractivity contribution in [3.05, 3.63) is 223 Å². The van der Waals surface area contributed by atoms with E-state index in [0.29, 0.717) is 5.92 Å². The minimum Gasteiger partial charge on any atom is -0.311 e. The number of anilines is 3. The number of benzene rings is 8. The molecule has 0 heterocycles. The van der Waals surface area contributed by atoms with Crippen LogP contribution in [0.4, 0.5) is 17.1 Å². The molecule has 0 saturated carbocycles. The molecule has 0 saturated heterocycles. The fourth-order valence-corrected chi connectivity index (χ4v) is 8.36. The lowest BCUT2D eigenvalue weighted by atomic mass is 9.84. The zero-order valence-electron chi connectivity index (χ0n) is 30.5. The van der Waals surface area contributed by atoms with Crippen LogP contribution >= 0.6 is 0 Å². The molecular weight excluding hydrogens is 651 g/mol. The highest BCUT2D eigenvalue weighted by molar-refractivity contribution is 6.21. The molecule has 8 aromatic carbocycles. The summed E-state index contributed by atoms with van der Waals surface area (Å²) in [5, 5.41) is 5.08. The molecule has 0 N–H and O–H groups in total. The number of nitrogens with zero attached hydrogens (tertiary/aromatic N) is 1. The fraction of sp³-hybridized carbons (Fsp3) is 0.0943. The van der Waals surface area contributed by atoms with Gasteiger partial charge in [-0.2, -0.15) is 0 Å². The van der Waals surface area contributed by atoms with E-state index in [2.05, 4.69) is 211 Å². The van der Waals surface area contributed by atoms with E-state index in [9.17, 15) is 0 Å². The average Bonchev–Trinajstić information content (AvgIpc) is 3.25. The highest BCUT2D eigenvalue weighted by atomic mass is 15.1. The van der Waals surface area contributed by atoms with Crippen molar-refractivity contribution in [1.82, 2.24) is 0 Å². The minimum absolute atomic E-state index is 0.436. The number of hydrogen-bond donors (Lipinski definition) is 0. The van der Waals surface area contributed by atoms with Gasteiger partial charge >= 0.3 is 0 Å². The number of rotatable bonds is 10. The molecule has 1 atom stereocenters. The van der Waals surface area contributed by atoms with Crippen molar-refractivity contribution in [2.45, 2.75) is 31.6 Å². The van der Waals surface area contributed by atoms with E-state index in [0.717, 1.165) is 42.7 Å². The maximum atomic E-state index is 2.43. The van der Waals surface area contributed by atoms with Crippen LogP contribution in [0.3, 0.4) is 0 Å². The molecule has 0 aliphatic heterocycles.